The first kappa shape index (κ1) is 22.9. The number of ether oxygens (including phenoxy) is 1. The van der Waals surface area contributed by atoms with Gasteiger partial charge in [0.2, 0.25) is 0 Å². The summed E-state index contributed by atoms with van der Waals surface area (Å²) in [7, 11) is -1.40. The van der Waals surface area contributed by atoms with Crippen LogP contribution in [0.4, 0.5) is 0 Å². The molecule has 152 valence electrons. The van der Waals surface area contributed by atoms with Crippen LogP contribution in [-0.2, 0) is 14.6 Å². The monoisotopic (exact) mass is 400 g/mol. The zero-order valence-corrected chi connectivity index (χ0v) is 16.8. The summed E-state index contributed by atoms with van der Waals surface area (Å²) in [5.41, 5.74) is 0.647. The third-order valence-corrected chi connectivity index (χ3v) is 5.41. The Hall–Kier alpha value is -2.13. The van der Waals surface area contributed by atoms with Crippen LogP contribution in [0.1, 0.15) is 23.7 Å². The number of hydrogen-bond acceptors (Lipinski definition) is 6. The first-order chi connectivity index (χ1) is 12.7. The van der Waals surface area contributed by atoms with Crippen LogP contribution >= 0.6 is 0 Å². The molecule has 1 heterocycles. The molecule has 0 aliphatic carbocycles. The summed E-state index contributed by atoms with van der Waals surface area (Å²) in [6, 6.07) is 7.08. The number of carbonyl (C=O) groups is 2. The molecule has 1 aliphatic heterocycles. The summed E-state index contributed by atoms with van der Waals surface area (Å²) in [4.78, 5) is 25.0. The molecule has 1 aromatic carbocycles. The molecule has 0 radical (unpaired) electrons. The maximum atomic E-state index is 12.6. The van der Waals surface area contributed by atoms with Crippen LogP contribution in [0.25, 0.3) is 0 Å². The Morgan fingerprint density at radius 2 is 1.81 bits per heavy atom. The normalized spacial score (nSPS) is 16.5. The average Bonchev–Trinajstić information content (AvgIpc) is 2.87. The minimum Gasteiger partial charge on any atom is -0.497 e. The van der Waals surface area contributed by atoms with Crippen LogP contribution < -0.4 is 4.74 Å². The number of amides is 1. The highest BCUT2D eigenvalue weighted by Crippen LogP contribution is 2.15. The molecule has 9 heteroatoms. The van der Waals surface area contributed by atoms with E-state index in [-0.39, 0.29) is 24.2 Å². The summed E-state index contributed by atoms with van der Waals surface area (Å²) in [5, 5.41) is 6.89. The second-order valence-electron chi connectivity index (χ2n) is 6.46. The first-order valence-electron chi connectivity index (χ1n) is 8.64. The van der Waals surface area contributed by atoms with Gasteiger partial charge in [-0.1, -0.05) is 0 Å². The molecule has 2 rings (SSSR count). The number of sulfone groups is 1. The van der Waals surface area contributed by atoms with E-state index in [0.29, 0.717) is 25.2 Å². The van der Waals surface area contributed by atoms with E-state index in [0.717, 1.165) is 18.7 Å². The van der Waals surface area contributed by atoms with Gasteiger partial charge in [0.1, 0.15) is 15.6 Å². The highest BCUT2D eigenvalue weighted by molar-refractivity contribution is 7.90. The second-order valence-corrected chi connectivity index (χ2v) is 8.64. The second kappa shape index (κ2) is 10.9. The predicted molar refractivity (Wildman–Crippen MR) is 103 cm³/mol. The fourth-order valence-corrected chi connectivity index (χ4v) is 4.13. The molecule has 8 nitrogen and oxygen atoms in total. The van der Waals surface area contributed by atoms with Crippen molar-refractivity contribution in [2.24, 2.45) is 0 Å². The van der Waals surface area contributed by atoms with E-state index < -0.39 is 9.84 Å². The van der Waals surface area contributed by atoms with E-state index in [1.54, 1.807) is 31.4 Å². The zero-order valence-electron chi connectivity index (χ0n) is 16.0. The average molecular weight is 400 g/mol. The number of carbonyl (C=O) groups excluding carboxylic acids is 1. The molecule has 1 saturated heterocycles. The van der Waals surface area contributed by atoms with Crippen LogP contribution in [0.3, 0.4) is 0 Å². The van der Waals surface area contributed by atoms with Crippen molar-refractivity contribution in [3.8, 4) is 5.75 Å². The SMILES string of the molecule is COc1ccc(C(=O)N2CCCN(C(C)CS(C)(=O)=O)CC2)cc1.O=CO. The zero-order chi connectivity index (χ0) is 20.4. The van der Waals surface area contributed by atoms with Crippen molar-refractivity contribution in [1.82, 2.24) is 9.80 Å². The van der Waals surface area contributed by atoms with Crippen LogP contribution in [0.15, 0.2) is 24.3 Å². The highest BCUT2D eigenvalue weighted by Gasteiger charge is 2.24. The summed E-state index contributed by atoms with van der Waals surface area (Å²) in [6.07, 6.45) is 2.11. The van der Waals surface area contributed by atoms with Gasteiger partial charge in [0, 0.05) is 44.0 Å². The van der Waals surface area contributed by atoms with E-state index in [2.05, 4.69) is 4.90 Å². The topological polar surface area (TPSA) is 104 Å². The van der Waals surface area contributed by atoms with Gasteiger partial charge in [-0.15, -0.1) is 0 Å². The fraction of sp³-hybridized carbons (Fsp3) is 0.556. The summed E-state index contributed by atoms with van der Waals surface area (Å²) < 4.78 is 28.1. The Balaban J connectivity index is 0.00000114. The Kier molecular flexibility index (Phi) is 9.23. The smallest absolute Gasteiger partial charge is 0.290 e. The van der Waals surface area contributed by atoms with Crippen molar-refractivity contribution in [1.29, 1.82) is 0 Å². The molecule has 1 aliphatic rings. The van der Waals surface area contributed by atoms with Crippen LogP contribution in [0.2, 0.25) is 0 Å². The Bertz CT molecular complexity index is 705. The molecule has 27 heavy (non-hydrogen) atoms. The summed E-state index contributed by atoms with van der Waals surface area (Å²) in [6.45, 7) is 4.48. The maximum absolute atomic E-state index is 12.6. The molecule has 1 amide bonds. The minimum absolute atomic E-state index is 0.00951. The van der Waals surface area contributed by atoms with E-state index in [1.165, 1.54) is 6.26 Å². The van der Waals surface area contributed by atoms with Gasteiger partial charge >= 0.3 is 0 Å². The first-order valence-corrected chi connectivity index (χ1v) is 10.7. The number of benzene rings is 1. The Morgan fingerprint density at radius 1 is 1.22 bits per heavy atom. The number of methoxy groups -OCH3 is 1. The number of nitrogens with zero attached hydrogens (tertiary/aromatic N) is 2. The predicted octanol–water partition coefficient (Wildman–Crippen LogP) is 0.977. The third kappa shape index (κ3) is 7.96. The molecule has 1 unspecified atom stereocenters. The van der Waals surface area contributed by atoms with Crippen LogP contribution in [0.5, 0.6) is 5.75 Å². The van der Waals surface area contributed by atoms with Crippen molar-refractivity contribution in [3.05, 3.63) is 29.8 Å². The largest absolute Gasteiger partial charge is 0.497 e. The lowest BCUT2D eigenvalue weighted by Gasteiger charge is -2.27. The lowest BCUT2D eigenvalue weighted by atomic mass is 10.2. The minimum atomic E-state index is -3.00. The van der Waals surface area contributed by atoms with Gasteiger partial charge in [0.25, 0.3) is 12.4 Å². The van der Waals surface area contributed by atoms with E-state index >= 15 is 0 Å². The van der Waals surface area contributed by atoms with Gasteiger partial charge in [0.05, 0.1) is 12.9 Å². The maximum Gasteiger partial charge on any atom is 0.290 e. The molecule has 0 aromatic heterocycles. The Labute approximate surface area is 160 Å². The lowest BCUT2D eigenvalue weighted by molar-refractivity contribution is -0.122. The molecular formula is C18H28N2O6S. The van der Waals surface area contributed by atoms with Gasteiger partial charge in [0.15, 0.2) is 0 Å². The molecule has 1 aromatic rings. The van der Waals surface area contributed by atoms with E-state index in [1.807, 2.05) is 11.8 Å². The molecule has 0 bridgehead atoms. The molecule has 1 N–H and O–H groups in total. The van der Waals surface area contributed by atoms with Crippen molar-refractivity contribution in [2.75, 3.05) is 45.3 Å². The van der Waals surface area contributed by atoms with Gasteiger partial charge in [-0.05, 0) is 37.6 Å². The van der Waals surface area contributed by atoms with Crippen LogP contribution in [-0.4, -0.2) is 87.0 Å². The quantitative estimate of drug-likeness (QED) is 0.735. The number of rotatable bonds is 5. The molecule has 0 spiro atoms. The van der Waals surface area contributed by atoms with E-state index in [9.17, 15) is 13.2 Å². The number of carboxylic acid groups (broad SMARTS) is 1. The van der Waals surface area contributed by atoms with Crippen molar-refractivity contribution < 1.29 is 27.9 Å². The van der Waals surface area contributed by atoms with Crippen molar-refractivity contribution in [3.63, 3.8) is 0 Å². The fourth-order valence-electron chi connectivity index (χ4n) is 3.04. The number of hydrogen-bond donors (Lipinski definition) is 1. The van der Waals surface area contributed by atoms with Gasteiger partial charge in [-0.3, -0.25) is 14.5 Å². The lowest BCUT2D eigenvalue weighted by Crippen LogP contribution is -2.41. The third-order valence-electron chi connectivity index (χ3n) is 4.32. The van der Waals surface area contributed by atoms with Gasteiger partial charge in [-0.2, -0.15) is 0 Å². The van der Waals surface area contributed by atoms with E-state index in [4.69, 9.17) is 14.6 Å². The highest BCUT2D eigenvalue weighted by atomic mass is 32.2. The molecule has 1 fully saturated rings. The molecular weight excluding hydrogens is 372 g/mol. The summed E-state index contributed by atoms with van der Waals surface area (Å²) in [5.74, 6) is 0.887. The van der Waals surface area contributed by atoms with Crippen molar-refractivity contribution >= 4 is 22.2 Å². The Morgan fingerprint density at radius 3 is 2.33 bits per heavy atom. The van der Waals surface area contributed by atoms with Crippen LogP contribution in [0, 0.1) is 0 Å². The van der Waals surface area contributed by atoms with Gasteiger partial charge < -0.3 is 14.7 Å². The standard InChI is InChI=1S/C17H26N2O4S.CH2O2/c1-14(13-24(3,21)22)18-9-4-10-19(12-11-18)17(20)15-5-7-16(23-2)8-6-15;2-1-3/h5-8,14H,4,9-13H2,1-3H3;1H,(H,2,3). The molecule has 1 atom stereocenters. The summed E-state index contributed by atoms with van der Waals surface area (Å²) >= 11 is 0. The molecule has 0 saturated carbocycles. The van der Waals surface area contributed by atoms with Crippen molar-refractivity contribution in [2.45, 2.75) is 19.4 Å². The van der Waals surface area contributed by atoms with Gasteiger partial charge in [-0.25, -0.2) is 8.42 Å².